The fourth-order valence-electron chi connectivity index (χ4n) is 3.83. The van der Waals surface area contributed by atoms with E-state index in [1.807, 2.05) is 4.90 Å². The number of rotatable bonds is 5. The van der Waals surface area contributed by atoms with Crippen LogP contribution in [0, 0.1) is 5.92 Å². The normalized spacial score (nSPS) is 32.1. The minimum absolute atomic E-state index is 0.0395. The summed E-state index contributed by atoms with van der Waals surface area (Å²) in [6.45, 7) is 5.52. The summed E-state index contributed by atoms with van der Waals surface area (Å²) in [5.74, 6) is -0.0513. The van der Waals surface area contributed by atoms with Gasteiger partial charge in [-0.3, -0.25) is 14.5 Å². The monoisotopic (exact) mass is 338 g/mol. The number of nitrogens with two attached hydrogens (primary N) is 1. The summed E-state index contributed by atoms with van der Waals surface area (Å²) in [5.41, 5.74) is 5.91. The SMILES string of the molecule is NC1CCC(NC(=O)C2CC(=O)N(CCN3CCOCC3)C2)CC1. The van der Waals surface area contributed by atoms with E-state index in [0.29, 0.717) is 19.5 Å². The number of carbonyl (C=O) groups excluding carboxylic acids is 2. The molecular formula is C17H30N4O3. The zero-order chi connectivity index (χ0) is 16.9. The van der Waals surface area contributed by atoms with Gasteiger partial charge in [-0.1, -0.05) is 0 Å². The number of likely N-dealkylation sites (tertiary alicyclic amines) is 1. The van der Waals surface area contributed by atoms with E-state index in [4.69, 9.17) is 10.5 Å². The third-order valence-corrected chi connectivity index (χ3v) is 5.49. The molecule has 3 rings (SSSR count). The largest absolute Gasteiger partial charge is 0.379 e. The van der Waals surface area contributed by atoms with E-state index in [-0.39, 0.29) is 29.8 Å². The molecule has 3 aliphatic rings. The molecule has 1 unspecified atom stereocenters. The molecule has 1 aliphatic carbocycles. The second-order valence-electron chi connectivity index (χ2n) is 7.32. The number of morpholine rings is 1. The predicted octanol–water partition coefficient (Wildman–Crippen LogP) is -0.447. The minimum atomic E-state index is -0.196. The molecule has 1 saturated carbocycles. The predicted molar refractivity (Wildman–Crippen MR) is 90.3 cm³/mol. The third-order valence-electron chi connectivity index (χ3n) is 5.49. The Bertz CT molecular complexity index is 445. The summed E-state index contributed by atoms with van der Waals surface area (Å²) in [4.78, 5) is 28.8. The van der Waals surface area contributed by atoms with Crippen LogP contribution in [0.15, 0.2) is 0 Å². The van der Waals surface area contributed by atoms with Crippen molar-refractivity contribution in [3.8, 4) is 0 Å². The van der Waals surface area contributed by atoms with Crippen LogP contribution in [-0.4, -0.2) is 79.6 Å². The van der Waals surface area contributed by atoms with Crippen LogP contribution in [0.3, 0.4) is 0 Å². The lowest BCUT2D eigenvalue weighted by atomic mass is 9.91. The lowest BCUT2D eigenvalue weighted by Crippen LogP contribution is -2.44. The van der Waals surface area contributed by atoms with Gasteiger partial charge in [-0.2, -0.15) is 0 Å². The first-order chi connectivity index (χ1) is 11.6. The highest BCUT2D eigenvalue weighted by atomic mass is 16.5. The van der Waals surface area contributed by atoms with Crippen molar-refractivity contribution in [2.45, 2.75) is 44.2 Å². The van der Waals surface area contributed by atoms with Gasteiger partial charge in [-0.15, -0.1) is 0 Å². The van der Waals surface area contributed by atoms with Crippen molar-refractivity contribution in [3.05, 3.63) is 0 Å². The summed E-state index contributed by atoms with van der Waals surface area (Å²) in [6.07, 6.45) is 4.20. The Kier molecular flexibility index (Phi) is 6.08. The molecule has 136 valence electrons. The van der Waals surface area contributed by atoms with Crippen molar-refractivity contribution in [2.24, 2.45) is 11.7 Å². The van der Waals surface area contributed by atoms with E-state index < -0.39 is 0 Å². The fourth-order valence-corrected chi connectivity index (χ4v) is 3.83. The summed E-state index contributed by atoms with van der Waals surface area (Å²) in [7, 11) is 0. The van der Waals surface area contributed by atoms with Gasteiger partial charge in [0.1, 0.15) is 0 Å². The van der Waals surface area contributed by atoms with Gasteiger partial charge in [-0.05, 0) is 25.7 Å². The van der Waals surface area contributed by atoms with Gasteiger partial charge < -0.3 is 20.7 Å². The molecule has 0 bridgehead atoms. The molecule has 0 aromatic rings. The van der Waals surface area contributed by atoms with Crippen molar-refractivity contribution in [1.29, 1.82) is 0 Å². The number of hydrogen-bond donors (Lipinski definition) is 2. The summed E-state index contributed by atoms with van der Waals surface area (Å²) in [5, 5.41) is 3.13. The molecule has 2 heterocycles. The molecule has 3 N–H and O–H groups in total. The second kappa shape index (κ2) is 8.27. The highest BCUT2D eigenvalue weighted by Gasteiger charge is 2.35. The minimum Gasteiger partial charge on any atom is -0.379 e. The van der Waals surface area contributed by atoms with Crippen molar-refractivity contribution >= 4 is 11.8 Å². The Balaban J connectivity index is 1.41. The second-order valence-corrected chi connectivity index (χ2v) is 7.32. The van der Waals surface area contributed by atoms with Gasteiger partial charge in [-0.25, -0.2) is 0 Å². The van der Waals surface area contributed by atoms with Gasteiger partial charge >= 0.3 is 0 Å². The molecule has 2 aliphatic heterocycles. The third kappa shape index (κ3) is 4.68. The lowest BCUT2D eigenvalue weighted by molar-refractivity contribution is -0.129. The summed E-state index contributed by atoms with van der Waals surface area (Å²) >= 11 is 0. The van der Waals surface area contributed by atoms with E-state index in [2.05, 4.69) is 10.2 Å². The first kappa shape index (κ1) is 17.6. The van der Waals surface area contributed by atoms with Crippen LogP contribution in [0.4, 0.5) is 0 Å². The number of nitrogens with zero attached hydrogens (tertiary/aromatic N) is 2. The maximum Gasteiger partial charge on any atom is 0.225 e. The maximum atomic E-state index is 12.4. The first-order valence-electron chi connectivity index (χ1n) is 9.25. The zero-order valence-corrected chi connectivity index (χ0v) is 14.4. The van der Waals surface area contributed by atoms with E-state index in [9.17, 15) is 9.59 Å². The topological polar surface area (TPSA) is 87.9 Å². The van der Waals surface area contributed by atoms with Crippen LogP contribution in [-0.2, 0) is 14.3 Å². The van der Waals surface area contributed by atoms with Gasteiger partial charge in [0.2, 0.25) is 11.8 Å². The van der Waals surface area contributed by atoms with E-state index >= 15 is 0 Å². The fraction of sp³-hybridized carbons (Fsp3) is 0.882. The molecule has 1 atom stereocenters. The van der Waals surface area contributed by atoms with Gasteiger partial charge in [0.05, 0.1) is 19.1 Å². The van der Waals surface area contributed by atoms with Crippen LogP contribution in [0.1, 0.15) is 32.1 Å². The standard InChI is InChI=1S/C17H30N4O3/c18-14-1-3-15(4-2-14)19-17(23)13-11-16(22)21(12-13)6-5-20-7-9-24-10-8-20/h13-15H,1-12,18H2,(H,19,23). The quantitative estimate of drug-likeness (QED) is 0.709. The molecule has 2 amide bonds. The molecule has 0 aromatic heterocycles. The van der Waals surface area contributed by atoms with Gasteiger partial charge in [0.15, 0.2) is 0 Å². The van der Waals surface area contributed by atoms with E-state index in [1.54, 1.807) is 0 Å². The van der Waals surface area contributed by atoms with Crippen molar-refractivity contribution in [1.82, 2.24) is 15.1 Å². The maximum absolute atomic E-state index is 12.4. The van der Waals surface area contributed by atoms with Crippen LogP contribution in [0.5, 0.6) is 0 Å². The molecule has 2 saturated heterocycles. The van der Waals surface area contributed by atoms with E-state index in [0.717, 1.165) is 58.5 Å². The van der Waals surface area contributed by atoms with Crippen LogP contribution < -0.4 is 11.1 Å². The molecular weight excluding hydrogens is 308 g/mol. The number of hydrogen-bond acceptors (Lipinski definition) is 5. The molecule has 3 fully saturated rings. The summed E-state index contributed by atoms with van der Waals surface area (Å²) < 4.78 is 5.34. The van der Waals surface area contributed by atoms with Crippen molar-refractivity contribution in [3.63, 3.8) is 0 Å². The van der Waals surface area contributed by atoms with Crippen LogP contribution in [0.25, 0.3) is 0 Å². The Morgan fingerprint density at radius 2 is 1.88 bits per heavy atom. The van der Waals surface area contributed by atoms with Crippen molar-refractivity contribution < 1.29 is 14.3 Å². The smallest absolute Gasteiger partial charge is 0.225 e. The highest BCUT2D eigenvalue weighted by Crippen LogP contribution is 2.21. The molecule has 24 heavy (non-hydrogen) atoms. The Labute approximate surface area is 143 Å². The molecule has 7 nitrogen and oxygen atoms in total. The van der Waals surface area contributed by atoms with Crippen LogP contribution >= 0.6 is 0 Å². The molecule has 7 heteroatoms. The molecule has 0 aromatic carbocycles. The van der Waals surface area contributed by atoms with Gasteiger partial charge in [0.25, 0.3) is 0 Å². The first-order valence-corrected chi connectivity index (χ1v) is 9.25. The number of nitrogens with one attached hydrogen (secondary N) is 1. The van der Waals surface area contributed by atoms with E-state index in [1.165, 1.54) is 0 Å². The molecule has 0 radical (unpaired) electrons. The average molecular weight is 338 g/mol. The Morgan fingerprint density at radius 3 is 2.58 bits per heavy atom. The number of ether oxygens (including phenoxy) is 1. The summed E-state index contributed by atoms with van der Waals surface area (Å²) in [6, 6.07) is 0.511. The lowest BCUT2D eigenvalue weighted by Gasteiger charge is -2.29. The van der Waals surface area contributed by atoms with Gasteiger partial charge in [0, 0.05) is 51.2 Å². The zero-order valence-electron chi connectivity index (χ0n) is 14.4. The highest BCUT2D eigenvalue weighted by molar-refractivity contribution is 5.89. The Hall–Kier alpha value is -1.18. The molecule has 0 spiro atoms. The number of amides is 2. The van der Waals surface area contributed by atoms with Crippen molar-refractivity contribution in [2.75, 3.05) is 45.9 Å². The number of carbonyl (C=O) groups is 2. The van der Waals surface area contributed by atoms with Crippen LogP contribution in [0.2, 0.25) is 0 Å². The average Bonchev–Trinajstić information content (AvgIpc) is 2.97. The Morgan fingerprint density at radius 1 is 1.17 bits per heavy atom.